The van der Waals surface area contributed by atoms with Gasteiger partial charge in [-0.2, -0.15) is 0 Å². The maximum Gasteiger partial charge on any atom is 0.322 e. The highest BCUT2D eigenvalue weighted by molar-refractivity contribution is 5.91. The molecule has 0 aliphatic carbocycles. The van der Waals surface area contributed by atoms with Gasteiger partial charge in [0.15, 0.2) is 0 Å². The van der Waals surface area contributed by atoms with E-state index in [2.05, 4.69) is 10.3 Å². The molecule has 0 fully saturated rings. The van der Waals surface area contributed by atoms with E-state index in [0.717, 1.165) is 5.56 Å². The van der Waals surface area contributed by atoms with Gasteiger partial charge in [-0.3, -0.25) is 4.79 Å². The van der Waals surface area contributed by atoms with Gasteiger partial charge in [-0.15, -0.1) is 0 Å². The molecule has 8 nitrogen and oxygen atoms in total. The number of urea groups is 1. The van der Waals surface area contributed by atoms with E-state index in [1.807, 2.05) is 67.6 Å². The molecule has 2 N–H and O–H groups in total. The van der Waals surface area contributed by atoms with Crippen molar-refractivity contribution in [1.29, 1.82) is 0 Å². The fraction of sp³-hybridized carbons (Fsp3) is 0.222. The van der Waals surface area contributed by atoms with Gasteiger partial charge >= 0.3 is 6.03 Å². The molecule has 1 aromatic heterocycles. The maximum atomic E-state index is 13.6. The summed E-state index contributed by atoms with van der Waals surface area (Å²) < 4.78 is 7.16. The van der Waals surface area contributed by atoms with Crippen LogP contribution in [0.5, 0.6) is 5.75 Å². The fourth-order valence-corrected chi connectivity index (χ4v) is 4.02. The minimum absolute atomic E-state index is 0.0970. The summed E-state index contributed by atoms with van der Waals surface area (Å²) in [4.78, 5) is 32.8. The zero-order chi connectivity index (χ0) is 24.8. The minimum atomic E-state index is -0.701. The van der Waals surface area contributed by atoms with E-state index in [1.54, 1.807) is 25.2 Å². The quantitative estimate of drug-likeness (QED) is 0.403. The number of nitrogens with one attached hydrogen (secondary N) is 1. The number of aliphatic hydroxyl groups is 1. The van der Waals surface area contributed by atoms with Crippen molar-refractivity contribution in [2.24, 2.45) is 7.05 Å². The predicted octanol–water partition coefficient (Wildman–Crippen LogP) is 4.10. The van der Waals surface area contributed by atoms with Gasteiger partial charge < -0.3 is 24.6 Å². The van der Waals surface area contributed by atoms with Crippen LogP contribution in [0.1, 0.15) is 24.2 Å². The number of aryl methyl sites for hydroxylation is 1. The number of carbonyl (C=O) groups excluding carboxylic acids is 1. The van der Waals surface area contributed by atoms with Gasteiger partial charge in [-0.05, 0) is 36.8 Å². The average molecular weight is 473 g/mol. The van der Waals surface area contributed by atoms with Crippen molar-refractivity contribution < 1.29 is 14.6 Å². The summed E-state index contributed by atoms with van der Waals surface area (Å²) in [6, 6.07) is 22.5. The summed E-state index contributed by atoms with van der Waals surface area (Å²) in [5, 5.41) is 13.2. The molecule has 8 heteroatoms. The number of nitrogens with zero attached hydrogens (tertiary/aromatic N) is 3. The molecule has 1 heterocycles. The summed E-state index contributed by atoms with van der Waals surface area (Å²) in [5.41, 5.74) is 2.47. The van der Waals surface area contributed by atoms with Crippen LogP contribution in [0.15, 0.2) is 83.7 Å². The van der Waals surface area contributed by atoms with E-state index in [4.69, 9.17) is 4.74 Å². The summed E-state index contributed by atoms with van der Waals surface area (Å²) in [6.45, 7) is 1.87. The van der Waals surface area contributed by atoms with Crippen molar-refractivity contribution in [3.63, 3.8) is 0 Å². The molecule has 0 bridgehead atoms. The average Bonchev–Trinajstić information content (AvgIpc) is 2.88. The van der Waals surface area contributed by atoms with Crippen molar-refractivity contribution in [1.82, 2.24) is 14.5 Å². The summed E-state index contributed by atoms with van der Waals surface area (Å²) in [6.07, 6.45) is 0. The first-order chi connectivity index (χ1) is 17.0. The molecule has 0 spiro atoms. The molecule has 0 radical (unpaired) electrons. The molecule has 2 amide bonds. The lowest BCUT2D eigenvalue weighted by molar-refractivity contribution is 0.136. The molecule has 35 heavy (non-hydrogen) atoms. The van der Waals surface area contributed by atoms with E-state index in [9.17, 15) is 14.7 Å². The Bertz CT molecular complexity index is 1370. The molecule has 180 valence electrons. The number of ether oxygens (including phenoxy) is 1. The Labute approximate surface area is 203 Å². The van der Waals surface area contributed by atoms with E-state index in [1.165, 1.54) is 9.47 Å². The molecule has 4 rings (SSSR count). The van der Waals surface area contributed by atoms with E-state index >= 15 is 0 Å². The van der Waals surface area contributed by atoms with Crippen LogP contribution in [0.25, 0.3) is 11.0 Å². The van der Waals surface area contributed by atoms with Crippen molar-refractivity contribution in [3.8, 4) is 5.75 Å². The van der Waals surface area contributed by atoms with Crippen LogP contribution in [0.3, 0.4) is 0 Å². The zero-order valence-electron chi connectivity index (χ0n) is 19.7. The lowest BCUT2D eigenvalue weighted by Gasteiger charge is -2.31. The van der Waals surface area contributed by atoms with Crippen LogP contribution >= 0.6 is 0 Å². The maximum absolute atomic E-state index is 13.6. The lowest BCUT2D eigenvalue weighted by Crippen LogP contribution is -2.41. The number of aromatic nitrogens is 2. The Morgan fingerprint density at radius 3 is 2.49 bits per heavy atom. The summed E-state index contributed by atoms with van der Waals surface area (Å²) in [7, 11) is 1.68. The molecule has 1 atom stereocenters. The summed E-state index contributed by atoms with van der Waals surface area (Å²) in [5.74, 6) is 0.531. The highest BCUT2D eigenvalue weighted by Crippen LogP contribution is 2.27. The Kier molecular flexibility index (Phi) is 7.42. The predicted molar refractivity (Wildman–Crippen MR) is 135 cm³/mol. The van der Waals surface area contributed by atoms with Gasteiger partial charge in [-0.1, -0.05) is 54.6 Å². The molecule has 0 saturated heterocycles. The highest BCUT2D eigenvalue weighted by Gasteiger charge is 2.27. The monoisotopic (exact) mass is 472 g/mol. The second-order valence-corrected chi connectivity index (χ2v) is 8.01. The number of hydrogen-bond donors (Lipinski definition) is 2. The van der Waals surface area contributed by atoms with Gasteiger partial charge in [0.25, 0.3) is 5.56 Å². The van der Waals surface area contributed by atoms with Crippen molar-refractivity contribution in [2.45, 2.75) is 19.5 Å². The Balaban J connectivity index is 1.75. The van der Waals surface area contributed by atoms with Crippen LogP contribution in [0.2, 0.25) is 0 Å². The number of carbonyl (C=O) groups is 1. The third-order valence-corrected chi connectivity index (χ3v) is 5.79. The normalized spacial score (nSPS) is 11.7. The SMILES string of the molecule is CCOc1ccccc1NC(=O)N(Cc1nc2ccccc2n(C)c1=O)[C@H](CO)c1ccccc1. The molecule has 3 aromatic carbocycles. The zero-order valence-corrected chi connectivity index (χ0v) is 19.7. The molecular formula is C27H28N4O4. The van der Waals surface area contributed by atoms with Crippen LogP contribution in [-0.4, -0.2) is 38.8 Å². The molecule has 4 aromatic rings. The number of aliphatic hydroxyl groups excluding tert-OH is 1. The van der Waals surface area contributed by atoms with Crippen molar-refractivity contribution in [2.75, 3.05) is 18.5 Å². The van der Waals surface area contributed by atoms with E-state index < -0.39 is 12.1 Å². The Morgan fingerprint density at radius 1 is 1.06 bits per heavy atom. The molecular weight excluding hydrogens is 444 g/mol. The van der Waals surface area contributed by atoms with Crippen molar-refractivity contribution in [3.05, 3.63) is 100 Å². The third kappa shape index (κ3) is 5.17. The Hall–Kier alpha value is -4.17. The number of amides is 2. The van der Waals surface area contributed by atoms with Gasteiger partial charge in [0.05, 0.1) is 42.5 Å². The third-order valence-electron chi connectivity index (χ3n) is 5.79. The first-order valence-corrected chi connectivity index (χ1v) is 11.4. The molecule has 0 saturated carbocycles. The standard InChI is InChI=1S/C27H28N4O4/c1-3-35-25-16-10-8-14-21(25)29-27(34)31(24(18-32)19-11-5-4-6-12-19)17-22-26(33)30(2)23-15-9-7-13-20(23)28-22/h4-16,24,32H,3,17-18H2,1-2H3,(H,29,34)/t24-/m1/s1. The number of anilines is 1. The van der Waals surface area contributed by atoms with Gasteiger partial charge in [0.2, 0.25) is 0 Å². The second kappa shape index (κ2) is 10.8. The number of fused-ring (bicyclic) bond motifs is 1. The van der Waals surface area contributed by atoms with E-state index in [-0.39, 0.29) is 24.4 Å². The number of rotatable bonds is 8. The molecule has 0 aliphatic heterocycles. The van der Waals surface area contributed by atoms with Crippen LogP contribution in [0, 0.1) is 0 Å². The second-order valence-electron chi connectivity index (χ2n) is 8.01. The highest BCUT2D eigenvalue weighted by atomic mass is 16.5. The fourth-order valence-electron chi connectivity index (χ4n) is 4.02. The summed E-state index contributed by atoms with van der Waals surface area (Å²) >= 11 is 0. The van der Waals surface area contributed by atoms with Crippen LogP contribution < -0.4 is 15.6 Å². The van der Waals surface area contributed by atoms with Gasteiger partial charge in [0.1, 0.15) is 11.4 Å². The molecule has 0 aliphatic rings. The van der Waals surface area contributed by atoms with Crippen LogP contribution in [0.4, 0.5) is 10.5 Å². The van der Waals surface area contributed by atoms with Crippen LogP contribution in [-0.2, 0) is 13.6 Å². The smallest absolute Gasteiger partial charge is 0.322 e. The first kappa shape index (κ1) is 24.0. The Morgan fingerprint density at radius 2 is 1.74 bits per heavy atom. The molecule has 0 unspecified atom stereocenters. The largest absolute Gasteiger partial charge is 0.492 e. The van der Waals surface area contributed by atoms with Gasteiger partial charge in [0, 0.05) is 7.05 Å². The number of para-hydroxylation sites is 4. The van der Waals surface area contributed by atoms with E-state index in [0.29, 0.717) is 29.1 Å². The minimum Gasteiger partial charge on any atom is -0.492 e. The first-order valence-electron chi connectivity index (χ1n) is 11.4. The van der Waals surface area contributed by atoms with Gasteiger partial charge in [-0.25, -0.2) is 9.78 Å². The lowest BCUT2D eigenvalue weighted by atomic mass is 10.1. The topological polar surface area (TPSA) is 96.7 Å². The van der Waals surface area contributed by atoms with Crippen molar-refractivity contribution >= 4 is 22.8 Å². The number of hydrogen-bond acceptors (Lipinski definition) is 5. The number of benzene rings is 3.